The van der Waals surface area contributed by atoms with Crippen LogP contribution in [0.1, 0.15) is 12.0 Å². The van der Waals surface area contributed by atoms with E-state index in [0.717, 1.165) is 5.56 Å². The van der Waals surface area contributed by atoms with E-state index < -0.39 is 6.36 Å². The van der Waals surface area contributed by atoms with Crippen LogP contribution >= 0.6 is 0 Å². The van der Waals surface area contributed by atoms with Crippen LogP contribution in [-0.4, -0.2) is 48.2 Å². The van der Waals surface area contributed by atoms with Gasteiger partial charge in [-0.3, -0.25) is 9.69 Å². The lowest BCUT2D eigenvalue weighted by atomic mass is 10.2. The zero-order valence-electron chi connectivity index (χ0n) is 12.3. The Morgan fingerprint density at radius 1 is 1.17 bits per heavy atom. The lowest BCUT2D eigenvalue weighted by Crippen LogP contribution is -2.48. The molecule has 1 aromatic carbocycles. The number of ether oxygens (including phenoxy) is 1. The van der Waals surface area contributed by atoms with Gasteiger partial charge < -0.3 is 9.64 Å². The van der Waals surface area contributed by atoms with Crippen LogP contribution in [0.25, 0.3) is 0 Å². The average molecular weight is 327 g/mol. The molecule has 0 bridgehead atoms. The summed E-state index contributed by atoms with van der Waals surface area (Å²) in [7, 11) is 0. The Labute approximate surface area is 131 Å². The molecule has 0 aromatic heterocycles. The van der Waals surface area contributed by atoms with Crippen LogP contribution in [0.15, 0.2) is 24.3 Å². The van der Waals surface area contributed by atoms with Crippen molar-refractivity contribution in [1.29, 1.82) is 5.26 Å². The lowest BCUT2D eigenvalue weighted by molar-refractivity contribution is -0.274. The smallest absolute Gasteiger partial charge is 0.406 e. The largest absolute Gasteiger partial charge is 0.573 e. The molecule has 1 aromatic rings. The first-order valence-electron chi connectivity index (χ1n) is 7.09. The maximum absolute atomic E-state index is 12.1. The molecule has 1 saturated heterocycles. The molecule has 23 heavy (non-hydrogen) atoms. The van der Waals surface area contributed by atoms with Crippen molar-refractivity contribution < 1.29 is 22.7 Å². The minimum atomic E-state index is -4.69. The Morgan fingerprint density at radius 2 is 1.78 bits per heavy atom. The van der Waals surface area contributed by atoms with Crippen LogP contribution in [0.4, 0.5) is 13.2 Å². The zero-order valence-corrected chi connectivity index (χ0v) is 12.3. The van der Waals surface area contributed by atoms with E-state index in [1.807, 2.05) is 6.07 Å². The number of carbonyl (C=O) groups excluding carboxylic acids is 1. The van der Waals surface area contributed by atoms with Crippen LogP contribution in [0.3, 0.4) is 0 Å². The molecular weight excluding hydrogens is 311 g/mol. The van der Waals surface area contributed by atoms with E-state index in [0.29, 0.717) is 32.7 Å². The highest BCUT2D eigenvalue weighted by Crippen LogP contribution is 2.23. The molecule has 0 spiro atoms. The highest BCUT2D eigenvalue weighted by molar-refractivity contribution is 5.78. The molecular formula is C15H16F3N3O2. The van der Waals surface area contributed by atoms with Crippen molar-refractivity contribution in [3.63, 3.8) is 0 Å². The summed E-state index contributed by atoms with van der Waals surface area (Å²) in [5.41, 5.74) is 0.872. The molecule has 0 atom stereocenters. The van der Waals surface area contributed by atoms with Crippen molar-refractivity contribution in [2.24, 2.45) is 0 Å². The molecule has 0 aliphatic carbocycles. The van der Waals surface area contributed by atoms with Crippen molar-refractivity contribution in [2.75, 3.05) is 26.2 Å². The maximum Gasteiger partial charge on any atom is 0.573 e. The first kappa shape index (κ1) is 17.1. The third-order valence-electron chi connectivity index (χ3n) is 3.52. The number of carbonyl (C=O) groups is 1. The second kappa shape index (κ2) is 7.33. The summed E-state index contributed by atoms with van der Waals surface area (Å²) in [6, 6.07) is 7.60. The molecule has 0 radical (unpaired) electrons. The molecule has 1 fully saturated rings. The number of alkyl halides is 3. The highest BCUT2D eigenvalue weighted by Gasteiger charge is 2.31. The number of rotatable bonds is 4. The summed E-state index contributed by atoms with van der Waals surface area (Å²) in [6.07, 6.45) is -4.80. The van der Waals surface area contributed by atoms with Crippen molar-refractivity contribution in [2.45, 2.75) is 19.3 Å². The third-order valence-corrected chi connectivity index (χ3v) is 3.52. The van der Waals surface area contributed by atoms with E-state index in [9.17, 15) is 18.0 Å². The number of nitrogens with zero attached hydrogens (tertiary/aromatic N) is 3. The van der Waals surface area contributed by atoms with Gasteiger partial charge in [-0.1, -0.05) is 12.1 Å². The molecule has 1 aliphatic rings. The summed E-state index contributed by atoms with van der Waals surface area (Å²) in [4.78, 5) is 15.4. The van der Waals surface area contributed by atoms with Gasteiger partial charge in [0.15, 0.2) is 0 Å². The van der Waals surface area contributed by atoms with E-state index in [1.165, 1.54) is 12.1 Å². The molecule has 0 saturated carbocycles. The number of piperazine rings is 1. The number of hydrogen-bond donors (Lipinski definition) is 0. The SMILES string of the molecule is N#CCC(=O)N1CCN(Cc2ccc(OC(F)(F)F)cc2)CC1. The van der Waals surface area contributed by atoms with Gasteiger partial charge in [-0.15, -0.1) is 13.2 Å². The molecule has 5 nitrogen and oxygen atoms in total. The van der Waals surface area contributed by atoms with Gasteiger partial charge in [-0.05, 0) is 17.7 Å². The minimum Gasteiger partial charge on any atom is -0.406 e. The standard InChI is InChI=1S/C15H16F3N3O2/c16-15(17,18)23-13-3-1-12(2-4-13)11-20-7-9-21(10-8-20)14(22)5-6-19/h1-4H,5,7-11H2. The fourth-order valence-corrected chi connectivity index (χ4v) is 2.39. The van der Waals surface area contributed by atoms with Crippen LogP contribution in [0, 0.1) is 11.3 Å². The number of hydrogen-bond acceptors (Lipinski definition) is 4. The first-order chi connectivity index (χ1) is 10.9. The molecule has 1 aliphatic heterocycles. The number of nitriles is 1. The topological polar surface area (TPSA) is 56.6 Å². The van der Waals surface area contributed by atoms with Crippen molar-refractivity contribution in [1.82, 2.24) is 9.80 Å². The molecule has 124 valence electrons. The molecule has 1 amide bonds. The van der Waals surface area contributed by atoms with Crippen LogP contribution in [0.2, 0.25) is 0 Å². The Bertz CT molecular complexity index is 573. The van der Waals surface area contributed by atoms with E-state index in [4.69, 9.17) is 5.26 Å². The highest BCUT2D eigenvalue weighted by atomic mass is 19.4. The summed E-state index contributed by atoms with van der Waals surface area (Å²) >= 11 is 0. The van der Waals surface area contributed by atoms with Gasteiger partial charge in [0.1, 0.15) is 12.2 Å². The van der Waals surface area contributed by atoms with Crippen molar-refractivity contribution >= 4 is 5.91 Å². The fraction of sp³-hybridized carbons (Fsp3) is 0.467. The quantitative estimate of drug-likeness (QED) is 0.850. The summed E-state index contributed by atoms with van der Waals surface area (Å²) in [6.45, 7) is 3.02. The van der Waals surface area contributed by atoms with Crippen LogP contribution < -0.4 is 4.74 Å². The van der Waals surface area contributed by atoms with Crippen molar-refractivity contribution in [3.8, 4) is 11.8 Å². The molecule has 0 unspecified atom stereocenters. The molecule has 1 heterocycles. The lowest BCUT2D eigenvalue weighted by Gasteiger charge is -2.34. The second-order valence-corrected chi connectivity index (χ2v) is 5.18. The van der Waals surface area contributed by atoms with Crippen molar-refractivity contribution in [3.05, 3.63) is 29.8 Å². The van der Waals surface area contributed by atoms with Gasteiger partial charge in [0.05, 0.1) is 6.07 Å². The maximum atomic E-state index is 12.1. The Hall–Kier alpha value is -2.27. The van der Waals surface area contributed by atoms with Gasteiger partial charge in [0.2, 0.25) is 5.91 Å². The predicted octanol–water partition coefficient (Wildman–Crippen LogP) is 2.14. The average Bonchev–Trinajstić information content (AvgIpc) is 2.49. The monoisotopic (exact) mass is 327 g/mol. The second-order valence-electron chi connectivity index (χ2n) is 5.18. The van der Waals surface area contributed by atoms with Gasteiger partial charge in [0.25, 0.3) is 0 Å². The van der Waals surface area contributed by atoms with E-state index in [1.54, 1.807) is 17.0 Å². The zero-order chi connectivity index (χ0) is 16.9. The number of amides is 1. The molecule has 8 heteroatoms. The fourth-order valence-electron chi connectivity index (χ4n) is 2.39. The van der Waals surface area contributed by atoms with Gasteiger partial charge in [-0.25, -0.2) is 0 Å². The van der Waals surface area contributed by atoms with Gasteiger partial charge in [0, 0.05) is 32.7 Å². The number of benzene rings is 1. The third kappa shape index (κ3) is 5.45. The van der Waals surface area contributed by atoms with Crippen LogP contribution in [-0.2, 0) is 11.3 Å². The number of halogens is 3. The Morgan fingerprint density at radius 3 is 2.30 bits per heavy atom. The Balaban J connectivity index is 1.82. The molecule has 2 rings (SSSR count). The van der Waals surface area contributed by atoms with Gasteiger partial charge in [-0.2, -0.15) is 5.26 Å². The van der Waals surface area contributed by atoms with E-state index in [-0.39, 0.29) is 18.1 Å². The Kier molecular flexibility index (Phi) is 5.45. The normalized spacial score (nSPS) is 16.0. The first-order valence-corrected chi connectivity index (χ1v) is 7.09. The van der Waals surface area contributed by atoms with E-state index in [2.05, 4.69) is 9.64 Å². The van der Waals surface area contributed by atoms with E-state index >= 15 is 0 Å². The minimum absolute atomic E-state index is 0.110. The summed E-state index contributed by atoms with van der Waals surface area (Å²) < 4.78 is 40.1. The predicted molar refractivity (Wildman–Crippen MR) is 75.2 cm³/mol. The van der Waals surface area contributed by atoms with Crippen LogP contribution in [0.5, 0.6) is 5.75 Å². The van der Waals surface area contributed by atoms with Gasteiger partial charge >= 0.3 is 6.36 Å². The molecule has 0 N–H and O–H groups in total. The summed E-state index contributed by atoms with van der Waals surface area (Å²) in [5, 5.41) is 8.52. The summed E-state index contributed by atoms with van der Waals surface area (Å²) in [5.74, 6) is -0.408.